The number of rotatable bonds is 2. The van der Waals surface area contributed by atoms with Gasteiger partial charge in [0.25, 0.3) is 0 Å². The molecule has 0 atom stereocenters. The van der Waals surface area contributed by atoms with Gasteiger partial charge in [-0.2, -0.15) is 5.10 Å². The molecule has 6 heteroatoms. The molecule has 1 aliphatic rings. The van der Waals surface area contributed by atoms with Crippen LogP contribution in [0.4, 0.5) is 0 Å². The molecule has 0 aliphatic carbocycles. The number of aromatic nitrogens is 3. The van der Waals surface area contributed by atoms with E-state index in [1.165, 1.54) is 0 Å². The molecular weight excluding hydrogens is 265 g/mol. The molecule has 2 aromatic heterocycles. The Bertz CT molecular complexity index is 650. The minimum Gasteiger partial charge on any atom is -0.399 e. The van der Waals surface area contributed by atoms with Gasteiger partial charge in [0.05, 0.1) is 16.9 Å². The summed E-state index contributed by atoms with van der Waals surface area (Å²) in [7, 11) is -0.381. The van der Waals surface area contributed by atoms with Gasteiger partial charge in [-0.1, -0.05) is 0 Å². The maximum atomic E-state index is 6.07. The first-order valence-electron chi connectivity index (χ1n) is 7.13. The summed E-state index contributed by atoms with van der Waals surface area (Å²) in [6, 6.07) is 5.82. The van der Waals surface area contributed by atoms with Crippen molar-refractivity contribution in [3.63, 3.8) is 0 Å². The van der Waals surface area contributed by atoms with E-state index in [0.29, 0.717) is 0 Å². The highest BCUT2D eigenvalue weighted by molar-refractivity contribution is 6.62. The highest BCUT2D eigenvalue weighted by Crippen LogP contribution is 2.36. The number of pyridine rings is 1. The second-order valence-electron chi connectivity index (χ2n) is 6.44. The molecule has 0 radical (unpaired) electrons. The molecule has 0 unspecified atom stereocenters. The van der Waals surface area contributed by atoms with Crippen LogP contribution in [0.2, 0.25) is 0 Å². The van der Waals surface area contributed by atoms with Gasteiger partial charge in [0.15, 0.2) is 5.82 Å². The molecule has 5 nitrogen and oxygen atoms in total. The molecule has 1 saturated heterocycles. The van der Waals surface area contributed by atoms with E-state index in [9.17, 15) is 0 Å². The minimum absolute atomic E-state index is 0.344. The van der Waals surface area contributed by atoms with Crippen LogP contribution in [0.25, 0.3) is 5.82 Å². The molecular formula is C15H20BN3O2. The third kappa shape index (κ3) is 2.49. The number of nitrogens with zero attached hydrogens (tertiary/aromatic N) is 3. The van der Waals surface area contributed by atoms with E-state index >= 15 is 0 Å². The van der Waals surface area contributed by atoms with Crippen LogP contribution < -0.4 is 5.46 Å². The van der Waals surface area contributed by atoms with E-state index < -0.39 is 0 Å². The SMILES string of the molecule is Cc1ccn(-c2cc(B3OC(C)(C)C(C)(C)O3)ccn2)n1. The Hall–Kier alpha value is -1.66. The summed E-state index contributed by atoms with van der Waals surface area (Å²) >= 11 is 0. The first-order chi connectivity index (χ1) is 9.78. The number of hydrogen-bond donors (Lipinski definition) is 0. The van der Waals surface area contributed by atoms with E-state index in [1.54, 1.807) is 10.9 Å². The quantitative estimate of drug-likeness (QED) is 0.790. The topological polar surface area (TPSA) is 49.2 Å². The van der Waals surface area contributed by atoms with Crippen LogP contribution in [-0.2, 0) is 9.31 Å². The predicted molar refractivity (Wildman–Crippen MR) is 81.8 cm³/mol. The Balaban J connectivity index is 1.91. The van der Waals surface area contributed by atoms with E-state index in [2.05, 4.69) is 10.1 Å². The summed E-state index contributed by atoms with van der Waals surface area (Å²) in [6.07, 6.45) is 3.65. The zero-order chi connectivity index (χ0) is 15.3. The maximum absolute atomic E-state index is 6.07. The van der Waals surface area contributed by atoms with Crippen molar-refractivity contribution in [2.45, 2.75) is 45.8 Å². The Morgan fingerprint density at radius 2 is 1.76 bits per heavy atom. The lowest BCUT2D eigenvalue weighted by Crippen LogP contribution is -2.41. The fourth-order valence-electron chi connectivity index (χ4n) is 2.23. The molecule has 21 heavy (non-hydrogen) atoms. The van der Waals surface area contributed by atoms with Crippen LogP contribution in [-0.4, -0.2) is 33.1 Å². The Morgan fingerprint density at radius 1 is 1.10 bits per heavy atom. The summed E-state index contributed by atoms with van der Waals surface area (Å²) < 4.78 is 13.9. The number of aryl methyl sites for hydroxylation is 1. The third-order valence-electron chi connectivity index (χ3n) is 4.25. The highest BCUT2D eigenvalue weighted by Gasteiger charge is 2.51. The molecule has 1 aliphatic heterocycles. The van der Waals surface area contributed by atoms with Gasteiger partial charge in [-0.15, -0.1) is 0 Å². The van der Waals surface area contributed by atoms with Crippen molar-refractivity contribution in [1.82, 2.24) is 14.8 Å². The second-order valence-corrected chi connectivity index (χ2v) is 6.44. The van der Waals surface area contributed by atoms with Gasteiger partial charge in [0.1, 0.15) is 0 Å². The standard InChI is InChI=1S/C15H20BN3O2/c1-11-7-9-19(18-11)13-10-12(6-8-17-13)16-20-14(2,3)15(4,5)21-16/h6-10H,1-5H3. The lowest BCUT2D eigenvalue weighted by atomic mass is 9.80. The Labute approximate surface area is 125 Å². The van der Waals surface area contributed by atoms with Crippen molar-refractivity contribution < 1.29 is 9.31 Å². The lowest BCUT2D eigenvalue weighted by molar-refractivity contribution is 0.00578. The zero-order valence-electron chi connectivity index (χ0n) is 13.1. The van der Waals surface area contributed by atoms with Crippen molar-refractivity contribution >= 4 is 12.6 Å². The van der Waals surface area contributed by atoms with Crippen molar-refractivity contribution in [3.8, 4) is 5.82 Å². The highest BCUT2D eigenvalue weighted by atomic mass is 16.7. The molecule has 3 rings (SSSR count). The molecule has 3 heterocycles. The molecule has 1 fully saturated rings. The smallest absolute Gasteiger partial charge is 0.399 e. The van der Waals surface area contributed by atoms with E-state index in [1.807, 2.05) is 59.0 Å². The molecule has 0 amide bonds. The molecule has 0 N–H and O–H groups in total. The molecule has 0 bridgehead atoms. The second kappa shape index (κ2) is 4.68. The lowest BCUT2D eigenvalue weighted by Gasteiger charge is -2.32. The molecule has 0 saturated carbocycles. The van der Waals surface area contributed by atoms with Gasteiger partial charge in [-0.3, -0.25) is 0 Å². The monoisotopic (exact) mass is 285 g/mol. The Kier molecular flexibility index (Phi) is 3.18. The summed E-state index contributed by atoms with van der Waals surface area (Å²) in [6.45, 7) is 10.1. The van der Waals surface area contributed by atoms with Gasteiger partial charge < -0.3 is 9.31 Å². The van der Waals surface area contributed by atoms with E-state index in [4.69, 9.17) is 9.31 Å². The average Bonchev–Trinajstić information content (AvgIpc) is 2.92. The van der Waals surface area contributed by atoms with E-state index in [-0.39, 0.29) is 18.3 Å². The zero-order valence-corrected chi connectivity index (χ0v) is 13.1. The fraction of sp³-hybridized carbons (Fsp3) is 0.467. The summed E-state index contributed by atoms with van der Waals surface area (Å²) in [4.78, 5) is 4.36. The van der Waals surface area contributed by atoms with Crippen LogP contribution in [0.5, 0.6) is 0 Å². The normalized spacial score (nSPS) is 20.0. The Morgan fingerprint density at radius 3 is 2.33 bits per heavy atom. The van der Waals surface area contributed by atoms with Crippen molar-refractivity contribution in [1.29, 1.82) is 0 Å². The number of hydrogen-bond acceptors (Lipinski definition) is 4. The van der Waals surface area contributed by atoms with Crippen LogP contribution in [0.15, 0.2) is 30.6 Å². The summed E-state index contributed by atoms with van der Waals surface area (Å²) in [5.41, 5.74) is 1.22. The van der Waals surface area contributed by atoms with Crippen LogP contribution in [0.3, 0.4) is 0 Å². The first-order valence-corrected chi connectivity index (χ1v) is 7.13. The fourth-order valence-corrected chi connectivity index (χ4v) is 2.23. The maximum Gasteiger partial charge on any atom is 0.495 e. The molecule has 110 valence electrons. The molecule has 0 aromatic carbocycles. The van der Waals surface area contributed by atoms with Crippen LogP contribution >= 0.6 is 0 Å². The summed E-state index contributed by atoms with van der Waals surface area (Å²) in [5, 5.41) is 4.38. The van der Waals surface area contributed by atoms with Crippen molar-refractivity contribution in [2.75, 3.05) is 0 Å². The van der Waals surface area contributed by atoms with Gasteiger partial charge in [0.2, 0.25) is 0 Å². The van der Waals surface area contributed by atoms with Gasteiger partial charge in [0, 0.05) is 12.4 Å². The summed E-state index contributed by atoms with van der Waals surface area (Å²) in [5.74, 6) is 0.760. The van der Waals surface area contributed by atoms with Crippen molar-refractivity contribution in [3.05, 3.63) is 36.3 Å². The molecule has 0 spiro atoms. The largest absolute Gasteiger partial charge is 0.495 e. The van der Waals surface area contributed by atoms with Gasteiger partial charge >= 0.3 is 7.12 Å². The van der Waals surface area contributed by atoms with Crippen molar-refractivity contribution in [2.24, 2.45) is 0 Å². The third-order valence-corrected chi connectivity index (χ3v) is 4.25. The van der Waals surface area contributed by atoms with Crippen LogP contribution in [0, 0.1) is 6.92 Å². The van der Waals surface area contributed by atoms with Gasteiger partial charge in [-0.25, -0.2) is 9.67 Å². The van der Waals surface area contributed by atoms with Gasteiger partial charge in [-0.05, 0) is 58.3 Å². The average molecular weight is 285 g/mol. The first kappa shape index (κ1) is 14.3. The molecule has 2 aromatic rings. The predicted octanol–water partition coefficient (Wildman–Crippen LogP) is 1.87. The van der Waals surface area contributed by atoms with Crippen LogP contribution in [0.1, 0.15) is 33.4 Å². The minimum atomic E-state index is -0.381. The van der Waals surface area contributed by atoms with E-state index in [0.717, 1.165) is 17.0 Å².